The fourth-order valence-electron chi connectivity index (χ4n) is 2.95. The van der Waals surface area contributed by atoms with Crippen LogP contribution < -0.4 is 10.1 Å². The predicted molar refractivity (Wildman–Crippen MR) is 104 cm³/mol. The van der Waals surface area contributed by atoms with Crippen molar-refractivity contribution in [1.29, 1.82) is 0 Å². The Balaban J connectivity index is 1.71. The lowest BCUT2D eigenvalue weighted by molar-refractivity contribution is -0.128. The lowest BCUT2D eigenvalue weighted by Gasteiger charge is -2.16. The van der Waals surface area contributed by atoms with Crippen molar-refractivity contribution in [2.75, 3.05) is 13.7 Å². The van der Waals surface area contributed by atoms with E-state index in [1.165, 1.54) is 19.1 Å². The molecule has 0 atom stereocenters. The van der Waals surface area contributed by atoms with Gasteiger partial charge in [-0.15, -0.1) is 0 Å². The monoisotopic (exact) mass is 418 g/mol. The van der Waals surface area contributed by atoms with Crippen LogP contribution >= 0.6 is 0 Å². The molecular formula is C20H19FN2O5S. The Morgan fingerprint density at radius 1 is 1.10 bits per heavy atom. The molecule has 0 saturated carbocycles. The summed E-state index contributed by atoms with van der Waals surface area (Å²) in [5.41, 5.74) is 0.967. The van der Waals surface area contributed by atoms with E-state index in [1.54, 1.807) is 31.4 Å². The molecule has 2 aromatic rings. The van der Waals surface area contributed by atoms with Gasteiger partial charge in [0.15, 0.2) is 0 Å². The number of sulfonamides is 1. The third-order valence-corrected chi connectivity index (χ3v) is 6.41. The fourth-order valence-corrected chi connectivity index (χ4v) is 4.72. The summed E-state index contributed by atoms with van der Waals surface area (Å²) in [4.78, 5) is 24.5. The van der Waals surface area contributed by atoms with Gasteiger partial charge in [-0.1, -0.05) is 24.3 Å². The fraction of sp³-hybridized carbons (Fsp3) is 0.200. The van der Waals surface area contributed by atoms with E-state index in [0.29, 0.717) is 10.1 Å². The summed E-state index contributed by atoms with van der Waals surface area (Å²) < 4.78 is 44.4. The van der Waals surface area contributed by atoms with E-state index in [2.05, 4.69) is 5.32 Å². The Bertz CT molecular complexity index is 1080. The Morgan fingerprint density at radius 2 is 1.72 bits per heavy atom. The highest BCUT2D eigenvalue weighted by Gasteiger charge is 2.43. The largest absolute Gasteiger partial charge is 0.497 e. The minimum absolute atomic E-state index is 0.0143. The zero-order valence-electron chi connectivity index (χ0n) is 15.8. The predicted octanol–water partition coefficient (Wildman–Crippen LogP) is 2.05. The van der Waals surface area contributed by atoms with Crippen LogP contribution in [-0.4, -0.2) is 38.2 Å². The number of amides is 2. The van der Waals surface area contributed by atoms with E-state index < -0.39 is 34.2 Å². The lowest BCUT2D eigenvalue weighted by Crippen LogP contribution is -2.40. The number of carbonyl (C=O) groups is 2. The summed E-state index contributed by atoms with van der Waals surface area (Å²) in [6.45, 7) is 0.898. The van der Waals surface area contributed by atoms with Gasteiger partial charge in [0.2, 0.25) is 5.91 Å². The molecule has 0 bridgehead atoms. The second-order valence-corrected chi connectivity index (χ2v) is 8.20. The Morgan fingerprint density at radius 3 is 2.31 bits per heavy atom. The first kappa shape index (κ1) is 20.5. The molecule has 1 aliphatic rings. The normalized spacial score (nSPS) is 15.6. The summed E-state index contributed by atoms with van der Waals surface area (Å²) in [5.74, 6) is -1.25. The first-order valence-corrected chi connectivity index (χ1v) is 10.1. The summed E-state index contributed by atoms with van der Waals surface area (Å²) in [5, 5.41) is 2.59. The topological polar surface area (TPSA) is 92.8 Å². The number of hydrogen-bond acceptors (Lipinski definition) is 5. The van der Waals surface area contributed by atoms with Crippen molar-refractivity contribution in [3.8, 4) is 5.75 Å². The molecule has 1 N–H and O–H groups in total. The average Bonchev–Trinajstić information content (AvgIpc) is 2.87. The molecule has 0 unspecified atom stereocenters. The van der Waals surface area contributed by atoms with Crippen molar-refractivity contribution in [2.45, 2.75) is 13.5 Å². The van der Waals surface area contributed by atoms with E-state index in [4.69, 9.17) is 4.74 Å². The molecule has 0 saturated heterocycles. The van der Waals surface area contributed by atoms with Crippen molar-refractivity contribution in [1.82, 2.24) is 9.62 Å². The molecule has 0 radical (unpaired) electrons. The number of hydrogen-bond donors (Lipinski definition) is 1. The highest BCUT2D eigenvalue weighted by molar-refractivity contribution is 7.99. The van der Waals surface area contributed by atoms with Crippen LogP contribution in [-0.2, 0) is 26.2 Å². The van der Waals surface area contributed by atoms with E-state index in [1.807, 2.05) is 0 Å². The zero-order chi connectivity index (χ0) is 21.2. The molecule has 1 aliphatic heterocycles. The number of nitrogens with one attached hydrogen (secondary N) is 1. The van der Waals surface area contributed by atoms with Crippen LogP contribution in [0, 0.1) is 5.82 Å². The number of methoxy groups -OCH3 is 1. The van der Waals surface area contributed by atoms with Gasteiger partial charge in [0, 0.05) is 12.1 Å². The molecule has 0 fully saturated rings. The molecule has 0 spiro atoms. The Labute approximate surface area is 167 Å². The van der Waals surface area contributed by atoms with Gasteiger partial charge in [-0.25, -0.2) is 17.1 Å². The second-order valence-electron chi connectivity index (χ2n) is 6.40. The van der Waals surface area contributed by atoms with Gasteiger partial charge >= 0.3 is 0 Å². The van der Waals surface area contributed by atoms with E-state index in [9.17, 15) is 22.4 Å². The lowest BCUT2D eigenvalue weighted by atomic mass is 10.1. The van der Waals surface area contributed by atoms with Crippen LogP contribution in [0.1, 0.15) is 18.1 Å². The van der Waals surface area contributed by atoms with Crippen LogP contribution in [0.4, 0.5) is 4.39 Å². The SMILES string of the molecule is COc1ccc(CNC(=O)CN2C(=O)C(C)=C(c3ccc(F)cc3)S2(=O)=O)cc1. The quantitative estimate of drug-likeness (QED) is 0.775. The third-order valence-electron chi connectivity index (χ3n) is 4.48. The number of halogens is 1. The zero-order valence-corrected chi connectivity index (χ0v) is 16.6. The van der Waals surface area contributed by atoms with Crippen LogP contribution in [0.15, 0.2) is 54.1 Å². The van der Waals surface area contributed by atoms with Crippen LogP contribution in [0.25, 0.3) is 4.91 Å². The number of rotatable bonds is 6. The molecule has 29 heavy (non-hydrogen) atoms. The number of ether oxygens (including phenoxy) is 1. The van der Waals surface area contributed by atoms with Crippen molar-refractivity contribution in [2.24, 2.45) is 0 Å². The second kappa shape index (κ2) is 8.04. The van der Waals surface area contributed by atoms with Gasteiger partial charge in [-0.05, 0) is 42.3 Å². The summed E-state index contributed by atoms with van der Waals surface area (Å²) in [6, 6.07) is 11.8. The van der Waals surface area contributed by atoms with E-state index in [0.717, 1.165) is 17.7 Å². The summed E-state index contributed by atoms with van der Waals surface area (Å²) >= 11 is 0. The molecule has 3 rings (SSSR count). The summed E-state index contributed by atoms with van der Waals surface area (Å²) in [7, 11) is -2.67. The molecule has 0 aliphatic carbocycles. The van der Waals surface area contributed by atoms with Gasteiger partial charge in [0.1, 0.15) is 23.0 Å². The van der Waals surface area contributed by atoms with Gasteiger partial charge in [0.25, 0.3) is 15.9 Å². The maximum Gasteiger partial charge on any atom is 0.268 e. The minimum Gasteiger partial charge on any atom is -0.497 e. The summed E-state index contributed by atoms with van der Waals surface area (Å²) in [6.07, 6.45) is 0. The molecule has 2 amide bonds. The maximum atomic E-state index is 13.2. The highest BCUT2D eigenvalue weighted by Crippen LogP contribution is 2.35. The van der Waals surface area contributed by atoms with Crippen LogP contribution in [0.3, 0.4) is 0 Å². The number of benzene rings is 2. The number of carbonyl (C=O) groups excluding carboxylic acids is 2. The molecule has 1 heterocycles. The van der Waals surface area contributed by atoms with E-state index >= 15 is 0 Å². The highest BCUT2D eigenvalue weighted by atomic mass is 32.2. The standard InChI is InChI=1S/C20H19FN2O5S/c1-13-19(15-5-7-16(21)8-6-15)29(26,27)23(20(13)25)12-18(24)22-11-14-3-9-17(28-2)10-4-14/h3-10H,11-12H2,1-2H3,(H,22,24). The smallest absolute Gasteiger partial charge is 0.268 e. The van der Waals surface area contributed by atoms with Crippen molar-refractivity contribution in [3.05, 3.63) is 71.0 Å². The van der Waals surface area contributed by atoms with Crippen molar-refractivity contribution >= 4 is 26.7 Å². The Hall–Kier alpha value is -3.20. The van der Waals surface area contributed by atoms with Gasteiger partial charge in [-0.3, -0.25) is 9.59 Å². The van der Waals surface area contributed by atoms with Gasteiger partial charge in [0.05, 0.1) is 7.11 Å². The van der Waals surface area contributed by atoms with Crippen LogP contribution in [0.2, 0.25) is 0 Å². The number of nitrogens with zero attached hydrogens (tertiary/aromatic N) is 1. The van der Waals surface area contributed by atoms with Crippen LogP contribution in [0.5, 0.6) is 5.75 Å². The maximum absolute atomic E-state index is 13.2. The van der Waals surface area contributed by atoms with Gasteiger partial charge < -0.3 is 10.1 Å². The molecule has 2 aromatic carbocycles. The molecule has 152 valence electrons. The first-order valence-electron chi connectivity index (χ1n) is 8.67. The average molecular weight is 418 g/mol. The molecular weight excluding hydrogens is 399 g/mol. The molecule has 9 heteroatoms. The molecule has 0 aromatic heterocycles. The molecule has 7 nitrogen and oxygen atoms in total. The van der Waals surface area contributed by atoms with Crippen molar-refractivity contribution in [3.63, 3.8) is 0 Å². The van der Waals surface area contributed by atoms with E-state index in [-0.39, 0.29) is 22.6 Å². The van der Waals surface area contributed by atoms with Gasteiger partial charge in [-0.2, -0.15) is 0 Å². The first-order chi connectivity index (χ1) is 13.7. The van der Waals surface area contributed by atoms with Crippen molar-refractivity contribution < 1.29 is 27.1 Å². The minimum atomic E-state index is -4.22. The Kier molecular flexibility index (Phi) is 5.69. The third kappa shape index (κ3) is 4.14.